The van der Waals surface area contributed by atoms with Crippen molar-refractivity contribution in [2.75, 3.05) is 29.0 Å². The van der Waals surface area contributed by atoms with Gasteiger partial charge in [0, 0.05) is 49.2 Å². The number of benzene rings is 1. The van der Waals surface area contributed by atoms with Crippen molar-refractivity contribution in [1.29, 1.82) is 5.26 Å². The van der Waals surface area contributed by atoms with Crippen LogP contribution in [0.5, 0.6) is 0 Å². The van der Waals surface area contributed by atoms with Crippen molar-refractivity contribution < 1.29 is 4.79 Å². The topological polar surface area (TPSA) is 120 Å². The molecule has 1 aliphatic rings. The largest absolute Gasteiger partial charge is 0.399 e. The average molecular weight is 430 g/mol. The zero-order valence-corrected chi connectivity index (χ0v) is 18.1. The van der Waals surface area contributed by atoms with Crippen LogP contribution in [0.15, 0.2) is 24.3 Å². The summed E-state index contributed by atoms with van der Waals surface area (Å²) in [7, 11) is 0. The summed E-state index contributed by atoms with van der Waals surface area (Å²) in [6.45, 7) is 5.24. The third kappa shape index (κ3) is 6.22. The lowest BCUT2D eigenvalue weighted by molar-refractivity contribution is -0.119. The number of nitrogens with two attached hydrogens (primary N) is 1. The lowest BCUT2D eigenvalue weighted by Gasteiger charge is -2.19. The normalized spacial score (nSPS) is 15.2. The monoisotopic (exact) mass is 429 g/mol. The second kappa shape index (κ2) is 10.6. The van der Waals surface area contributed by atoms with Gasteiger partial charge in [-0.1, -0.05) is 13.3 Å². The van der Waals surface area contributed by atoms with Crippen LogP contribution in [0.2, 0.25) is 0 Å². The first-order valence-electron chi connectivity index (χ1n) is 9.94. The average Bonchev–Trinajstić information content (AvgIpc) is 3.13. The number of amides is 1. The first kappa shape index (κ1) is 23.2. The molecule has 0 radical (unpaired) electrons. The predicted octanol–water partition coefficient (Wildman–Crippen LogP) is 3.15. The molecule has 2 aromatic rings. The lowest BCUT2D eigenvalue weighted by atomic mass is 10.2. The van der Waals surface area contributed by atoms with Gasteiger partial charge in [0.05, 0.1) is 11.6 Å². The molecule has 0 spiro atoms. The van der Waals surface area contributed by atoms with Crippen LogP contribution in [0.1, 0.15) is 44.4 Å². The molecule has 1 aliphatic heterocycles. The Morgan fingerprint density at radius 2 is 2.13 bits per heavy atom. The number of unbranched alkanes of at least 4 members (excludes halogenated alkanes) is 1. The zero-order valence-electron chi connectivity index (χ0n) is 17.3. The van der Waals surface area contributed by atoms with Gasteiger partial charge in [-0.05, 0) is 37.5 Å². The van der Waals surface area contributed by atoms with E-state index in [9.17, 15) is 4.79 Å². The van der Waals surface area contributed by atoms with Gasteiger partial charge < -0.3 is 21.3 Å². The highest BCUT2D eigenvalue weighted by atomic mass is 35.5. The number of halogens is 1. The van der Waals surface area contributed by atoms with E-state index in [0.717, 1.165) is 50.3 Å². The predicted molar refractivity (Wildman–Crippen MR) is 121 cm³/mol. The number of nitriles is 1. The third-order valence-electron chi connectivity index (χ3n) is 4.81. The highest BCUT2D eigenvalue weighted by Crippen LogP contribution is 2.24. The molecule has 1 aromatic carbocycles. The van der Waals surface area contributed by atoms with Crippen molar-refractivity contribution in [3.05, 3.63) is 35.5 Å². The van der Waals surface area contributed by atoms with Crippen LogP contribution in [-0.2, 0) is 11.2 Å². The molecule has 1 fully saturated rings. The van der Waals surface area contributed by atoms with Gasteiger partial charge in [-0.2, -0.15) is 10.2 Å². The molecule has 0 bridgehead atoms. The van der Waals surface area contributed by atoms with E-state index in [0.29, 0.717) is 22.9 Å². The summed E-state index contributed by atoms with van der Waals surface area (Å²) in [5.74, 6) is 1.30. The van der Waals surface area contributed by atoms with Gasteiger partial charge in [0.2, 0.25) is 11.9 Å². The van der Waals surface area contributed by atoms with Crippen molar-refractivity contribution in [2.45, 2.75) is 45.6 Å². The molecule has 1 saturated heterocycles. The summed E-state index contributed by atoms with van der Waals surface area (Å²) in [4.78, 5) is 22.9. The second-order valence-electron chi connectivity index (χ2n) is 7.36. The minimum absolute atomic E-state index is 0. The molecule has 0 aliphatic carbocycles. The maximum absolute atomic E-state index is 11.4. The first-order chi connectivity index (χ1) is 14.0. The van der Waals surface area contributed by atoms with E-state index in [4.69, 9.17) is 11.0 Å². The molecule has 1 atom stereocenters. The van der Waals surface area contributed by atoms with Crippen molar-refractivity contribution in [2.24, 2.45) is 0 Å². The van der Waals surface area contributed by atoms with Crippen LogP contribution >= 0.6 is 12.4 Å². The maximum Gasteiger partial charge on any atom is 0.229 e. The minimum Gasteiger partial charge on any atom is -0.399 e. The van der Waals surface area contributed by atoms with Crippen molar-refractivity contribution in [3.63, 3.8) is 0 Å². The first-order valence-corrected chi connectivity index (χ1v) is 9.94. The molecule has 0 unspecified atom stereocenters. The fourth-order valence-electron chi connectivity index (χ4n) is 3.48. The van der Waals surface area contributed by atoms with Crippen LogP contribution in [0, 0.1) is 11.3 Å². The summed E-state index contributed by atoms with van der Waals surface area (Å²) >= 11 is 0. The summed E-state index contributed by atoms with van der Waals surface area (Å²) in [5.41, 5.74) is 8.52. The molecule has 0 saturated carbocycles. The van der Waals surface area contributed by atoms with Gasteiger partial charge in [0.25, 0.3) is 0 Å². The molecule has 1 amide bonds. The van der Waals surface area contributed by atoms with Gasteiger partial charge in [-0.15, -0.1) is 12.4 Å². The van der Waals surface area contributed by atoms with Gasteiger partial charge in [0.1, 0.15) is 5.82 Å². The zero-order chi connectivity index (χ0) is 20.8. The summed E-state index contributed by atoms with van der Waals surface area (Å²) in [5, 5.41) is 15.3. The van der Waals surface area contributed by atoms with Crippen molar-refractivity contribution >= 4 is 41.5 Å². The number of rotatable bonds is 7. The Morgan fingerprint density at radius 3 is 2.83 bits per heavy atom. The number of aryl methyl sites for hydroxylation is 1. The number of anilines is 4. The highest BCUT2D eigenvalue weighted by Gasteiger charge is 2.24. The quantitative estimate of drug-likeness (QED) is 0.578. The summed E-state index contributed by atoms with van der Waals surface area (Å²) in [6.07, 6.45) is 3.87. The molecule has 3 rings (SSSR count). The number of carbonyl (C=O) groups excluding carboxylic acids is 1. The Kier molecular flexibility index (Phi) is 8.25. The number of nitrogens with one attached hydrogen (secondary N) is 2. The Balaban J connectivity index is 0.00000320. The van der Waals surface area contributed by atoms with E-state index in [1.165, 1.54) is 0 Å². The van der Waals surface area contributed by atoms with Crippen LogP contribution in [0.3, 0.4) is 0 Å². The van der Waals surface area contributed by atoms with Gasteiger partial charge >= 0.3 is 0 Å². The number of hydrogen-bond donors (Lipinski definition) is 3. The molecule has 30 heavy (non-hydrogen) atoms. The molecule has 8 nitrogen and oxygen atoms in total. The van der Waals surface area contributed by atoms with Crippen LogP contribution in [0.4, 0.5) is 23.1 Å². The number of carbonyl (C=O) groups is 1. The molecule has 160 valence electrons. The third-order valence-corrected chi connectivity index (χ3v) is 4.81. The van der Waals surface area contributed by atoms with E-state index >= 15 is 0 Å². The van der Waals surface area contributed by atoms with E-state index < -0.39 is 0 Å². The minimum atomic E-state index is -0.0134. The van der Waals surface area contributed by atoms with Crippen LogP contribution < -0.4 is 21.3 Å². The Hall–Kier alpha value is -3.05. The molecule has 9 heteroatoms. The molecular weight excluding hydrogens is 402 g/mol. The van der Waals surface area contributed by atoms with Gasteiger partial charge in [0.15, 0.2) is 0 Å². The van der Waals surface area contributed by atoms with E-state index in [1.807, 2.05) is 6.07 Å². The Morgan fingerprint density at radius 1 is 1.33 bits per heavy atom. The molecule has 4 N–H and O–H groups in total. The highest BCUT2D eigenvalue weighted by molar-refractivity contribution is 5.85. The van der Waals surface area contributed by atoms with E-state index in [2.05, 4.69) is 38.5 Å². The van der Waals surface area contributed by atoms with Crippen molar-refractivity contribution in [3.8, 4) is 6.07 Å². The van der Waals surface area contributed by atoms with Gasteiger partial charge in [-0.25, -0.2) is 4.98 Å². The van der Waals surface area contributed by atoms with E-state index in [-0.39, 0.29) is 24.4 Å². The number of hydrogen-bond acceptors (Lipinski definition) is 7. The number of aromatic nitrogens is 2. The number of nitrogen functional groups attached to an aromatic ring is 1. The SMILES string of the molecule is CCCCc1cc(N2CC[C@H](NC(C)=O)C2)nc(Nc2cc(N)cc(C#N)c2)n1.Cl. The molecular formula is C21H28ClN7O. The summed E-state index contributed by atoms with van der Waals surface area (Å²) < 4.78 is 0. The van der Waals surface area contributed by atoms with Gasteiger partial charge in [-0.3, -0.25) is 4.79 Å². The van der Waals surface area contributed by atoms with Crippen molar-refractivity contribution in [1.82, 2.24) is 15.3 Å². The Labute approximate surface area is 183 Å². The maximum atomic E-state index is 11.4. The molecule has 1 aromatic heterocycles. The van der Waals surface area contributed by atoms with Crippen LogP contribution in [-0.4, -0.2) is 35.0 Å². The standard InChI is InChI=1S/C21H27N7O.ClH/c1-3-4-5-17-11-20(28-7-6-18(13-28)24-14(2)29)27-21(25-17)26-19-9-15(12-22)8-16(23)10-19;/h8-11,18H,3-7,13,23H2,1-2H3,(H,24,29)(H,25,26,27);1H/t18-;/m0./s1. The summed E-state index contributed by atoms with van der Waals surface area (Å²) in [6, 6.07) is 9.37. The number of nitrogens with zero attached hydrogens (tertiary/aromatic N) is 4. The lowest BCUT2D eigenvalue weighted by Crippen LogP contribution is -2.35. The fourth-order valence-corrected chi connectivity index (χ4v) is 3.48. The molecule has 2 heterocycles. The van der Waals surface area contributed by atoms with E-state index in [1.54, 1.807) is 25.1 Å². The smallest absolute Gasteiger partial charge is 0.229 e. The second-order valence-corrected chi connectivity index (χ2v) is 7.36. The fraction of sp³-hybridized carbons (Fsp3) is 0.429. The Bertz CT molecular complexity index is 928. The van der Waals surface area contributed by atoms with Crippen LogP contribution in [0.25, 0.3) is 0 Å².